The topological polar surface area (TPSA) is 12.5 Å². The highest BCUT2D eigenvalue weighted by Gasteiger charge is 2.64. The summed E-state index contributed by atoms with van der Waals surface area (Å²) in [6.07, 6.45) is 9.14. The smallest absolute Gasteiger partial charge is 0.0944 e. The van der Waals surface area contributed by atoms with Gasteiger partial charge >= 0.3 is 0 Å². The maximum absolute atomic E-state index is 5.78. The molecule has 0 aromatic rings. The second kappa shape index (κ2) is 2.21. The normalized spacial score (nSPS) is 64.5. The largest absolute Gasteiger partial charge is 0.369 e. The number of rotatable bonds is 1. The molecule has 1 aliphatic heterocycles. The van der Waals surface area contributed by atoms with Gasteiger partial charge in [-0.25, -0.2) is 0 Å². The summed E-state index contributed by atoms with van der Waals surface area (Å²) in [5, 5.41) is 0. The van der Waals surface area contributed by atoms with Crippen molar-refractivity contribution in [2.75, 3.05) is 6.61 Å². The fourth-order valence-electron chi connectivity index (χ4n) is 5.17. The van der Waals surface area contributed by atoms with Gasteiger partial charge in [0.15, 0.2) is 0 Å². The van der Waals surface area contributed by atoms with Crippen LogP contribution in [0.3, 0.4) is 0 Å². The van der Waals surface area contributed by atoms with E-state index in [2.05, 4.69) is 6.92 Å². The molecule has 0 radical (unpaired) electrons. The second-order valence-electron chi connectivity index (χ2n) is 6.72. The SMILES string of the molecule is C[C@@]1(C23CC4CC(CC(C4)C2)C3)CO1. The molecule has 4 bridgehead atoms. The molecule has 1 saturated heterocycles. The van der Waals surface area contributed by atoms with Gasteiger partial charge in [0.05, 0.1) is 12.2 Å². The molecule has 1 heterocycles. The standard InChI is InChI=1S/C13H20O/c1-12(8-14-12)13-5-9-2-10(6-13)4-11(3-9)7-13/h9-11H,2-8H2,1H3/t9?,10?,11?,12-,13?/m0/s1. The lowest BCUT2D eigenvalue weighted by atomic mass is 9.46. The highest BCUT2D eigenvalue weighted by Crippen LogP contribution is 2.66. The summed E-state index contributed by atoms with van der Waals surface area (Å²) in [6, 6.07) is 0. The van der Waals surface area contributed by atoms with E-state index in [9.17, 15) is 0 Å². The van der Waals surface area contributed by atoms with Crippen LogP contribution in [0.25, 0.3) is 0 Å². The van der Waals surface area contributed by atoms with Gasteiger partial charge in [-0.3, -0.25) is 0 Å². The van der Waals surface area contributed by atoms with Crippen molar-refractivity contribution in [3.63, 3.8) is 0 Å². The molecule has 0 spiro atoms. The van der Waals surface area contributed by atoms with Crippen LogP contribution in [0.2, 0.25) is 0 Å². The first-order valence-corrected chi connectivity index (χ1v) is 6.33. The third kappa shape index (κ3) is 0.856. The summed E-state index contributed by atoms with van der Waals surface area (Å²) in [6.45, 7) is 3.43. The molecule has 0 aromatic carbocycles. The summed E-state index contributed by atoms with van der Waals surface area (Å²) < 4.78 is 5.78. The lowest BCUT2D eigenvalue weighted by molar-refractivity contribution is -0.0925. The number of ether oxygens (including phenoxy) is 1. The highest BCUT2D eigenvalue weighted by molar-refractivity contribution is 5.13. The first-order valence-electron chi connectivity index (χ1n) is 6.33. The van der Waals surface area contributed by atoms with Gasteiger partial charge in [0, 0.05) is 5.41 Å². The van der Waals surface area contributed by atoms with Crippen molar-refractivity contribution < 1.29 is 4.74 Å². The van der Waals surface area contributed by atoms with Gasteiger partial charge in [0.2, 0.25) is 0 Å². The summed E-state index contributed by atoms with van der Waals surface area (Å²) in [5.41, 5.74) is 0.935. The maximum atomic E-state index is 5.78. The van der Waals surface area contributed by atoms with Crippen molar-refractivity contribution >= 4 is 0 Å². The Morgan fingerprint density at radius 2 is 1.36 bits per heavy atom. The summed E-state index contributed by atoms with van der Waals surface area (Å²) in [7, 11) is 0. The van der Waals surface area contributed by atoms with Crippen LogP contribution in [-0.4, -0.2) is 12.2 Å². The van der Waals surface area contributed by atoms with Gasteiger partial charge < -0.3 is 4.74 Å². The Kier molecular flexibility index (Phi) is 1.29. The molecule has 5 fully saturated rings. The zero-order chi connectivity index (χ0) is 9.39. The van der Waals surface area contributed by atoms with E-state index in [-0.39, 0.29) is 0 Å². The van der Waals surface area contributed by atoms with E-state index in [1.54, 1.807) is 19.3 Å². The van der Waals surface area contributed by atoms with E-state index in [4.69, 9.17) is 4.74 Å². The average molecular weight is 192 g/mol. The Labute approximate surface area is 86.2 Å². The van der Waals surface area contributed by atoms with Crippen LogP contribution >= 0.6 is 0 Å². The summed E-state index contributed by atoms with van der Waals surface area (Å²) in [4.78, 5) is 0. The van der Waals surface area contributed by atoms with Crippen LogP contribution in [0.4, 0.5) is 0 Å². The molecule has 5 aliphatic rings. The molecular formula is C13H20O. The van der Waals surface area contributed by atoms with Crippen molar-refractivity contribution in [1.82, 2.24) is 0 Å². The van der Waals surface area contributed by atoms with E-state index in [0.29, 0.717) is 11.0 Å². The maximum Gasteiger partial charge on any atom is 0.0944 e. The Hall–Kier alpha value is -0.0400. The second-order valence-corrected chi connectivity index (χ2v) is 6.72. The molecule has 0 aromatic heterocycles. The van der Waals surface area contributed by atoms with Crippen molar-refractivity contribution in [1.29, 1.82) is 0 Å². The van der Waals surface area contributed by atoms with Crippen molar-refractivity contribution in [3.8, 4) is 0 Å². The zero-order valence-corrected chi connectivity index (χ0v) is 9.09. The van der Waals surface area contributed by atoms with Gasteiger partial charge in [0.1, 0.15) is 0 Å². The number of epoxide rings is 1. The Bertz CT molecular complexity index is 242. The van der Waals surface area contributed by atoms with Crippen LogP contribution in [0.15, 0.2) is 0 Å². The molecule has 4 saturated carbocycles. The molecule has 1 atom stereocenters. The zero-order valence-electron chi connectivity index (χ0n) is 9.09. The third-order valence-electron chi connectivity index (χ3n) is 5.74. The van der Waals surface area contributed by atoms with Gasteiger partial charge in [-0.1, -0.05) is 0 Å². The minimum atomic E-state index is 0.309. The van der Waals surface area contributed by atoms with Gasteiger partial charge in [-0.05, 0) is 63.2 Å². The van der Waals surface area contributed by atoms with Crippen molar-refractivity contribution in [2.45, 2.75) is 51.0 Å². The molecule has 14 heavy (non-hydrogen) atoms. The molecule has 0 amide bonds. The molecule has 1 heteroatoms. The molecule has 4 aliphatic carbocycles. The fourth-order valence-corrected chi connectivity index (χ4v) is 5.17. The minimum absolute atomic E-state index is 0.309. The molecular weight excluding hydrogens is 172 g/mol. The number of hydrogen-bond donors (Lipinski definition) is 0. The molecule has 1 nitrogen and oxygen atoms in total. The molecule has 5 rings (SSSR count). The predicted molar refractivity (Wildman–Crippen MR) is 55.0 cm³/mol. The van der Waals surface area contributed by atoms with Crippen LogP contribution in [0.5, 0.6) is 0 Å². The van der Waals surface area contributed by atoms with Crippen LogP contribution in [-0.2, 0) is 4.74 Å². The van der Waals surface area contributed by atoms with E-state index in [0.717, 1.165) is 24.4 Å². The quantitative estimate of drug-likeness (QED) is 0.582. The van der Waals surface area contributed by atoms with Gasteiger partial charge in [-0.2, -0.15) is 0 Å². The first-order chi connectivity index (χ1) is 6.69. The van der Waals surface area contributed by atoms with Crippen LogP contribution in [0, 0.1) is 23.2 Å². The minimum Gasteiger partial charge on any atom is -0.369 e. The number of hydrogen-bond acceptors (Lipinski definition) is 1. The monoisotopic (exact) mass is 192 g/mol. The van der Waals surface area contributed by atoms with Crippen LogP contribution in [0.1, 0.15) is 45.4 Å². The highest BCUT2D eigenvalue weighted by atomic mass is 16.6. The van der Waals surface area contributed by atoms with E-state index in [1.165, 1.54) is 19.3 Å². The third-order valence-corrected chi connectivity index (χ3v) is 5.74. The van der Waals surface area contributed by atoms with E-state index < -0.39 is 0 Å². The fraction of sp³-hybridized carbons (Fsp3) is 1.00. The van der Waals surface area contributed by atoms with E-state index in [1.807, 2.05) is 0 Å². The average Bonchev–Trinajstić information content (AvgIpc) is 2.82. The van der Waals surface area contributed by atoms with Crippen molar-refractivity contribution in [3.05, 3.63) is 0 Å². The predicted octanol–water partition coefficient (Wildman–Crippen LogP) is 2.99. The summed E-state index contributed by atoms with van der Waals surface area (Å²) >= 11 is 0. The molecule has 78 valence electrons. The summed E-state index contributed by atoms with van der Waals surface area (Å²) in [5.74, 6) is 3.21. The van der Waals surface area contributed by atoms with Crippen LogP contribution < -0.4 is 0 Å². The lowest BCUT2D eigenvalue weighted by Gasteiger charge is -2.58. The first kappa shape index (κ1) is 8.15. The van der Waals surface area contributed by atoms with Crippen molar-refractivity contribution in [2.24, 2.45) is 23.2 Å². The Morgan fingerprint density at radius 3 is 1.71 bits per heavy atom. The van der Waals surface area contributed by atoms with E-state index >= 15 is 0 Å². The van der Waals surface area contributed by atoms with Gasteiger partial charge in [-0.15, -0.1) is 0 Å². The Balaban J connectivity index is 1.74. The van der Waals surface area contributed by atoms with Gasteiger partial charge in [0.25, 0.3) is 0 Å². The molecule has 0 unspecified atom stereocenters. The lowest BCUT2D eigenvalue weighted by Crippen LogP contribution is -2.52. The molecule has 0 N–H and O–H groups in total. The Morgan fingerprint density at radius 1 is 0.929 bits per heavy atom.